The van der Waals surface area contributed by atoms with Crippen molar-refractivity contribution < 1.29 is 4.39 Å². The smallest absolute Gasteiger partial charge is 0.166 e. The van der Waals surface area contributed by atoms with Crippen LogP contribution in [0.3, 0.4) is 0 Å². The Morgan fingerprint density at radius 1 is 1.14 bits per heavy atom. The molecule has 0 unspecified atom stereocenters. The van der Waals surface area contributed by atoms with Gasteiger partial charge in [0.05, 0.1) is 28.6 Å². The molecule has 0 aliphatic rings. The average molecular weight is 412 g/mol. The molecule has 0 aliphatic carbocycles. The number of imidazole rings is 1. The minimum atomic E-state index is -0.262. The number of anilines is 1. The molecular weight excluding hydrogens is 393 g/mol. The third kappa shape index (κ3) is 4.07. The molecule has 0 saturated carbocycles. The van der Waals surface area contributed by atoms with Gasteiger partial charge in [0.25, 0.3) is 0 Å². The van der Waals surface area contributed by atoms with Gasteiger partial charge >= 0.3 is 0 Å². The van der Waals surface area contributed by atoms with Crippen molar-refractivity contribution in [1.29, 1.82) is 0 Å². The van der Waals surface area contributed by atoms with E-state index in [0.717, 1.165) is 44.2 Å². The second kappa shape index (κ2) is 8.12. The van der Waals surface area contributed by atoms with E-state index < -0.39 is 0 Å². The summed E-state index contributed by atoms with van der Waals surface area (Å²) in [7, 11) is 0. The molecule has 1 aromatic carbocycles. The van der Waals surface area contributed by atoms with Gasteiger partial charge in [0.2, 0.25) is 0 Å². The van der Waals surface area contributed by atoms with E-state index in [1.165, 1.54) is 23.9 Å². The van der Waals surface area contributed by atoms with Gasteiger partial charge in [0.1, 0.15) is 11.6 Å². The number of nitrogens with one attached hydrogen (secondary N) is 2. The summed E-state index contributed by atoms with van der Waals surface area (Å²) in [6.45, 7) is 2.60. The van der Waals surface area contributed by atoms with E-state index in [9.17, 15) is 4.39 Å². The summed E-state index contributed by atoms with van der Waals surface area (Å²) in [4.78, 5) is 16.9. The molecule has 0 bridgehead atoms. The molecule has 0 spiro atoms. The summed E-state index contributed by atoms with van der Waals surface area (Å²) in [5.74, 6) is 0.490. The molecule has 8 heteroatoms. The fraction of sp³-hybridized carbons (Fsp3) is 0.150. The third-order valence-corrected chi connectivity index (χ3v) is 5.56. The van der Waals surface area contributed by atoms with Crippen molar-refractivity contribution in [3.63, 3.8) is 0 Å². The predicted molar refractivity (Wildman–Crippen MR) is 113 cm³/mol. The molecule has 28 heavy (non-hydrogen) atoms. The first kappa shape index (κ1) is 18.6. The molecule has 2 N–H and O–H groups in total. The number of aromatic amines is 1. The van der Waals surface area contributed by atoms with Crippen LogP contribution in [0, 0.1) is 12.7 Å². The summed E-state index contributed by atoms with van der Waals surface area (Å²) in [5, 5.41) is 7.20. The number of halogens is 1. The molecule has 5 nitrogen and oxygen atoms in total. The Bertz CT molecular complexity index is 1090. The number of H-pyrrole nitrogens is 1. The quantitative estimate of drug-likeness (QED) is 0.417. The van der Waals surface area contributed by atoms with Crippen molar-refractivity contribution in [3.05, 3.63) is 64.5 Å². The lowest BCUT2D eigenvalue weighted by Crippen LogP contribution is -2.01. The second-order valence-electron chi connectivity index (χ2n) is 6.12. The number of aryl methyl sites for hydroxylation is 1. The topological polar surface area (TPSA) is 66.5 Å². The summed E-state index contributed by atoms with van der Waals surface area (Å²) >= 11 is 3.16. The average Bonchev–Trinajstić information content (AvgIpc) is 3.33. The zero-order chi connectivity index (χ0) is 19.5. The molecular formula is C20H18FN5S2. The molecule has 4 aromatic rings. The van der Waals surface area contributed by atoms with Crippen LogP contribution in [0.2, 0.25) is 0 Å². The number of hydrogen-bond donors (Lipinski definition) is 2. The first-order valence-electron chi connectivity index (χ1n) is 8.63. The Balaban J connectivity index is 1.65. The first-order valence-corrected chi connectivity index (χ1v) is 10.7. The number of benzene rings is 1. The molecule has 3 aromatic heterocycles. The number of aromatic nitrogens is 4. The number of rotatable bonds is 6. The van der Waals surface area contributed by atoms with Gasteiger partial charge in [-0.25, -0.2) is 19.3 Å². The van der Waals surface area contributed by atoms with Gasteiger partial charge in [-0.05, 0) is 49.6 Å². The summed E-state index contributed by atoms with van der Waals surface area (Å²) < 4.78 is 13.3. The highest BCUT2D eigenvalue weighted by Crippen LogP contribution is 2.33. The molecule has 0 fully saturated rings. The zero-order valence-electron chi connectivity index (χ0n) is 15.4. The first-order chi connectivity index (χ1) is 13.6. The monoisotopic (exact) mass is 411 g/mol. The van der Waals surface area contributed by atoms with E-state index in [-0.39, 0.29) is 5.82 Å². The lowest BCUT2D eigenvalue weighted by Gasteiger charge is -2.07. The summed E-state index contributed by atoms with van der Waals surface area (Å²) in [6.07, 6.45) is 3.72. The van der Waals surface area contributed by atoms with Crippen LogP contribution in [0.4, 0.5) is 10.2 Å². The fourth-order valence-corrected chi connectivity index (χ4v) is 3.83. The van der Waals surface area contributed by atoms with Crippen molar-refractivity contribution in [2.75, 3.05) is 11.6 Å². The van der Waals surface area contributed by atoms with Gasteiger partial charge in [0.15, 0.2) is 5.16 Å². The van der Waals surface area contributed by atoms with Gasteiger partial charge in [0, 0.05) is 22.7 Å². The molecule has 0 aliphatic heterocycles. The maximum atomic E-state index is 13.3. The maximum absolute atomic E-state index is 13.3. The van der Waals surface area contributed by atoms with Crippen molar-refractivity contribution in [1.82, 2.24) is 19.9 Å². The van der Waals surface area contributed by atoms with Crippen LogP contribution < -0.4 is 5.32 Å². The Morgan fingerprint density at radius 3 is 2.68 bits per heavy atom. The zero-order valence-corrected chi connectivity index (χ0v) is 17.0. The molecule has 142 valence electrons. The van der Waals surface area contributed by atoms with Gasteiger partial charge < -0.3 is 10.3 Å². The van der Waals surface area contributed by atoms with Crippen molar-refractivity contribution in [2.45, 2.75) is 18.6 Å². The van der Waals surface area contributed by atoms with Crippen molar-refractivity contribution in [3.8, 4) is 22.5 Å². The van der Waals surface area contributed by atoms with E-state index in [4.69, 9.17) is 4.98 Å². The molecule has 0 atom stereocenters. The van der Waals surface area contributed by atoms with Gasteiger partial charge in [-0.1, -0.05) is 11.8 Å². The van der Waals surface area contributed by atoms with Crippen molar-refractivity contribution in [2.24, 2.45) is 0 Å². The van der Waals surface area contributed by atoms with E-state index in [2.05, 4.69) is 20.3 Å². The number of thioether (sulfide) groups is 1. The molecule has 0 radical (unpaired) electrons. The molecule has 4 rings (SSSR count). The number of thiazole rings is 1. The van der Waals surface area contributed by atoms with Crippen LogP contribution in [0.25, 0.3) is 22.5 Å². The van der Waals surface area contributed by atoms with Crippen LogP contribution in [-0.2, 0) is 6.54 Å². The number of nitrogens with zero attached hydrogens (tertiary/aromatic N) is 3. The van der Waals surface area contributed by atoms with E-state index >= 15 is 0 Å². The summed E-state index contributed by atoms with van der Waals surface area (Å²) in [6, 6.07) is 10.3. The molecule has 0 amide bonds. The third-order valence-electron chi connectivity index (χ3n) is 4.16. The lowest BCUT2D eigenvalue weighted by atomic mass is 10.1. The van der Waals surface area contributed by atoms with Gasteiger partial charge in [-0.15, -0.1) is 11.3 Å². The SMILES string of the molecule is CSc1nc(-c2ccnc(NCc3csc(C)n3)c2)c(-c2ccc(F)cc2)[nH]1. The highest BCUT2D eigenvalue weighted by Gasteiger charge is 2.15. The molecule has 3 heterocycles. The maximum Gasteiger partial charge on any atom is 0.166 e. The van der Waals surface area contributed by atoms with Crippen molar-refractivity contribution >= 4 is 28.9 Å². The second-order valence-corrected chi connectivity index (χ2v) is 7.97. The standard InChI is InChI=1S/C20H18FN5S2/c1-12-24-16(11-28-12)10-23-17-9-14(7-8-22-17)19-18(25-20(26-19)27-2)13-3-5-15(21)6-4-13/h3-9,11H,10H2,1-2H3,(H,22,23)(H,25,26). The Kier molecular flexibility index (Phi) is 5.40. The van der Waals surface area contributed by atoms with E-state index in [1.807, 2.05) is 30.7 Å². The van der Waals surface area contributed by atoms with Crippen LogP contribution >= 0.6 is 23.1 Å². The predicted octanol–water partition coefficient (Wildman–Crippen LogP) is 5.38. The Morgan fingerprint density at radius 2 is 1.96 bits per heavy atom. The van der Waals surface area contributed by atoms with Crippen LogP contribution in [-0.4, -0.2) is 26.2 Å². The number of hydrogen-bond acceptors (Lipinski definition) is 6. The fourth-order valence-electron chi connectivity index (χ4n) is 2.83. The Hall–Kier alpha value is -2.71. The Labute approximate surface area is 170 Å². The minimum Gasteiger partial charge on any atom is -0.364 e. The van der Waals surface area contributed by atoms with Gasteiger partial charge in [-0.2, -0.15) is 0 Å². The van der Waals surface area contributed by atoms with E-state index in [0.29, 0.717) is 6.54 Å². The summed E-state index contributed by atoms with van der Waals surface area (Å²) in [5.41, 5.74) is 4.48. The number of pyridine rings is 1. The van der Waals surface area contributed by atoms with Crippen LogP contribution in [0.1, 0.15) is 10.7 Å². The van der Waals surface area contributed by atoms with Crippen LogP contribution in [0.15, 0.2) is 53.1 Å². The largest absolute Gasteiger partial charge is 0.364 e. The van der Waals surface area contributed by atoms with E-state index in [1.54, 1.807) is 29.7 Å². The lowest BCUT2D eigenvalue weighted by molar-refractivity contribution is 0.628. The highest BCUT2D eigenvalue weighted by molar-refractivity contribution is 7.98. The normalized spacial score (nSPS) is 11.0. The van der Waals surface area contributed by atoms with Gasteiger partial charge in [-0.3, -0.25) is 0 Å². The highest BCUT2D eigenvalue weighted by atomic mass is 32.2. The molecule has 0 saturated heterocycles. The van der Waals surface area contributed by atoms with Crippen LogP contribution in [0.5, 0.6) is 0 Å². The minimum absolute atomic E-state index is 0.262.